The Hall–Kier alpha value is -2.21. The fraction of sp³-hybridized carbons (Fsp3) is 0.880. The van der Waals surface area contributed by atoms with Crippen LogP contribution in [-0.2, 0) is 9.59 Å². The van der Waals surface area contributed by atoms with Crippen molar-refractivity contribution in [2.24, 2.45) is 22.6 Å². The molecule has 0 aliphatic heterocycles. The summed E-state index contributed by atoms with van der Waals surface area (Å²) in [5, 5.41) is 31.6. The highest BCUT2D eigenvalue weighted by Crippen LogP contribution is 2.18. The van der Waals surface area contributed by atoms with Gasteiger partial charge in [0, 0.05) is 25.3 Å². The van der Waals surface area contributed by atoms with E-state index in [1.807, 2.05) is 13.8 Å². The van der Waals surface area contributed by atoms with Crippen LogP contribution < -0.4 is 16.5 Å². The zero-order chi connectivity index (χ0) is 28.1. The molecule has 0 heterocycles. The number of nitro groups is 1. The fourth-order valence-corrected chi connectivity index (χ4v) is 4.24. The van der Waals surface area contributed by atoms with Gasteiger partial charge in [-0.2, -0.15) is 0 Å². The molecule has 0 spiro atoms. The number of unbranched alkanes of at least 4 members (excludes halogenated alkanes) is 9. The molecule has 0 aliphatic rings. The zero-order valence-electron chi connectivity index (χ0n) is 23.1. The Kier molecular flexibility index (Phi) is 20.5. The normalized spacial score (nSPS) is 13.3. The van der Waals surface area contributed by atoms with Crippen molar-refractivity contribution in [3.63, 3.8) is 0 Å². The number of amides is 1. The topological polar surface area (TPSA) is 180 Å². The number of aliphatic imine (C=N–C) groups is 1. The number of nitrogens with zero attached hydrogens (tertiary/aromatic N) is 2. The van der Waals surface area contributed by atoms with Gasteiger partial charge in [0.15, 0.2) is 5.03 Å². The van der Waals surface area contributed by atoms with Crippen LogP contribution in [0.3, 0.4) is 0 Å². The monoisotopic (exact) mass is 527 g/mol. The second kappa shape index (κ2) is 21.8. The van der Waals surface area contributed by atoms with Gasteiger partial charge in [0.1, 0.15) is 5.78 Å². The van der Waals surface area contributed by atoms with Gasteiger partial charge in [0.05, 0.1) is 5.94 Å². The van der Waals surface area contributed by atoms with Crippen molar-refractivity contribution in [2.45, 2.75) is 123 Å². The molecule has 0 saturated heterocycles. The molecular formula is C25H50BN5O6. The summed E-state index contributed by atoms with van der Waals surface area (Å²) in [6.45, 7) is 6.19. The Morgan fingerprint density at radius 1 is 1.00 bits per heavy atom. The summed E-state index contributed by atoms with van der Waals surface area (Å²) in [5.74, 6) is -2.08. The smallest absolute Gasteiger partial charge is 0.426 e. The maximum atomic E-state index is 12.9. The van der Waals surface area contributed by atoms with Crippen molar-refractivity contribution in [1.82, 2.24) is 10.7 Å². The molecule has 0 aromatic rings. The predicted molar refractivity (Wildman–Crippen MR) is 147 cm³/mol. The zero-order valence-corrected chi connectivity index (χ0v) is 23.1. The highest BCUT2D eigenvalue weighted by molar-refractivity contribution is 6.43. The molecule has 0 aliphatic carbocycles. The quantitative estimate of drug-likeness (QED) is 0.0335. The van der Waals surface area contributed by atoms with Crippen LogP contribution in [0, 0.1) is 22.0 Å². The number of carbonyl (C=O) groups is 2. The number of hydrogen-bond acceptors (Lipinski definition) is 7. The number of guanidine groups is 1. The third-order valence-corrected chi connectivity index (χ3v) is 6.27. The van der Waals surface area contributed by atoms with E-state index >= 15 is 0 Å². The number of nitrogens with two attached hydrogens (primary N) is 1. The first-order valence-electron chi connectivity index (χ1n) is 14.0. The highest BCUT2D eigenvalue weighted by atomic mass is 16.7. The number of Topliss-reactive ketones (excluding diaryl/α,β-unsaturated/α-hetero) is 1. The number of hydrogen-bond donors (Lipinski definition) is 5. The largest absolute Gasteiger partial charge is 0.475 e. The van der Waals surface area contributed by atoms with Gasteiger partial charge in [-0.25, -0.2) is 15.1 Å². The van der Waals surface area contributed by atoms with E-state index in [1.165, 1.54) is 44.9 Å². The summed E-state index contributed by atoms with van der Waals surface area (Å²) in [7, 11) is -1.70. The minimum Gasteiger partial charge on any atom is -0.426 e. The Balaban J connectivity index is 4.70. The van der Waals surface area contributed by atoms with Gasteiger partial charge in [-0.3, -0.25) is 9.59 Å². The molecule has 6 N–H and O–H groups in total. The molecule has 0 bridgehead atoms. The Bertz CT molecular complexity index is 678. The van der Waals surface area contributed by atoms with Crippen LogP contribution >= 0.6 is 0 Å². The molecule has 0 fully saturated rings. The van der Waals surface area contributed by atoms with Crippen molar-refractivity contribution in [2.75, 3.05) is 6.54 Å². The molecule has 0 saturated carbocycles. The number of ketones is 1. The summed E-state index contributed by atoms with van der Waals surface area (Å²) >= 11 is 0. The second-order valence-electron chi connectivity index (χ2n) is 10.3. The van der Waals surface area contributed by atoms with Gasteiger partial charge >= 0.3 is 7.12 Å². The van der Waals surface area contributed by atoms with Gasteiger partial charge in [0.2, 0.25) is 5.91 Å². The molecular weight excluding hydrogens is 477 g/mol. The molecule has 214 valence electrons. The summed E-state index contributed by atoms with van der Waals surface area (Å²) in [6, 6.07) is 0. The van der Waals surface area contributed by atoms with Gasteiger partial charge in [0.25, 0.3) is 5.96 Å². The first kappa shape index (κ1) is 34.8. The molecule has 0 rings (SSSR count). The number of nitrogens with one attached hydrogen (secondary N) is 2. The van der Waals surface area contributed by atoms with Gasteiger partial charge in [-0.15, -0.1) is 0 Å². The highest BCUT2D eigenvalue weighted by Gasteiger charge is 2.29. The van der Waals surface area contributed by atoms with E-state index < -0.39 is 29.9 Å². The lowest BCUT2D eigenvalue weighted by Gasteiger charge is -2.23. The standard InChI is InChI=1S/C25H50BN5O6/c1-4-5-6-7-8-9-10-11-12-13-16-22(32)19-21(15-14-17-28-25(27)30-31(36)37)24(33)29-23(26(34)35)18-20(2)3/h20-21,23,34-35H,4-19H2,1-3H3,(H,29,33)(H3,27,28,30)/t21-,23+/m1/s1. The molecule has 1 amide bonds. The average molecular weight is 528 g/mol. The SMILES string of the molecule is CCCCCCCCCCCCC(=O)C[C@@H](CCCN=C(N)N[N+](=O)[O-])C(=O)N[C@@H](CC(C)C)B(O)O. The number of rotatable bonds is 23. The lowest BCUT2D eigenvalue weighted by Crippen LogP contribution is -2.49. The van der Waals surface area contributed by atoms with Crippen molar-refractivity contribution >= 4 is 24.8 Å². The number of hydrazine groups is 1. The Morgan fingerprint density at radius 3 is 2.08 bits per heavy atom. The first-order chi connectivity index (χ1) is 17.6. The van der Waals surface area contributed by atoms with Crippen LogP contribution in [0.5, 0.6) is 0 Å². The molecule has 0 unspecified atom stereocenters. The molecule has 37 heavy (non-hydrogen) atoms. The molecule has 0 aromatic heterocycles. The third-order valence-electron chi connectivity index (χ3n) is 6.27. The van der Waals surface area contributed by atoms with E-state index in [-0.39, 0.29) is 30.6 Å². The molecule has 0 aromatic carbocycles. The summed E-state index contributed by atoms with van der Waals surface area (Å²) < 4.78 is 0. The minimum absolute atomic E-state index is 0.00251. The van der Waals surface area contributed by atoms with Crippen molar-refractivity contribution in [3.8, 4) is 0 Å². The lowest BCUT2D eigenvalue weighted by molar-refractivity contribution is -0.525. The summed E-state index contributed by atoms with van der Waals surface area (Å²) in [5.41, 5.74) is 7.17. The maximum Gasteiger partial charge on any atom is 0.475 e. The molecule has 0 radical (unpaired) electrons. The average Bonchev–Trinajstić information content (AvgIpc) is 2.80. The van der Waals surface area contributed by atoms with Crippen molar-refractivity contribution in [3.05, 3.63) is 10.1 Å². The van der Waals surface area contributed by atoms with Crippen molar-refractivity contribution < 1.29 is 24.7 Å². The fourth-order valence-electron chi connectivity index (χ4n) is 4.24. The van der Waals surface area contributed by atoms with Gasteiger partial charge in [-0.05, 0) is 31.6 Å². The van der Waals surface area contributed by atoms with Crippen LogP contribution in [0.1, 0.15) is 117 Å². The first-order valence-corrected chi connectivity index (χ1v) is 14.0. The van der Waals surface area contributed by atoms with Crippen LogP contribution in [0.4, 0.5) is 0 Å². The van der Waals surface area contributed by atoms with E-state index in [9.17, 15) is 29.8 Å². The summed E-state index contributed by atoms with van der Waals surface area (Å²) in [4.78, 5) is 39.8. The molecule has 12 heteroatoms. The predicted octanol–water partition coefficient (Wildman–Crippen LogP) is 3.29. The van der Waals surface area contributed by atoms with Crippen LogP contribution in [-0.4, -0.2) is 52.3 Å². The Morgan fingerprint density at radius 2 is 1.57 bits per heavy atom. The minimum atomic E-state index is -1.70. The maximum absolute atomic E-state index is 12.9. The van der Waals surface area contributed by atoms with Crippen LogP contribution in [0.15, 0.2) is 4.99 Å². The lowest BCUT2D eigenvalue weighted by atomic mass is 9.74. The van der Waals surface area contributed by atoms with E-state index in [2.05, 4.69) is 17.2 Å². The van der Waals surface area contributed by atoms with E-state index in [0.717, 1.165) is 19.3 Å². The van der Waals surface area contributed by atoms with Crippen LogP contribution in [0.25, 0.3) is 0 Å². The van der Waals surface area contributed by atoms with E-state index in [4.69, 9.17) is 5.73 Å². The summed E-state index contributed by atoms with van der Waals surface area (Å²) in [6.07, 6.45) is 13.3. The van der Waals surface area contributed by atoms with Gasteiger partial charge in [-0.1, -0.05) is 84.0 Å². The number of carbonyl (C=O) groups excluding carboxylic acids is 2. The van der Waals surface area contributed by atoms with Crippen molar-refractivity contribution in [1.29, 1.82) is 0 Å². The van der Waals surface area contributed by atoms with E-state index in [0.29, 0.717) is 25.7 Å². The van der Waals surface area contributed by atoms with Gasteiger partial charge < -0.3 is 21.1 Å². The van der Waals surface area contributed by atoms with E-state index in [1.54, 1.807) is 5.43 Å². The molecule has 11 nitrogen and oxygen atoms in total. The second-order valence-corrected chi connectivity index (χ2v) is 10.3. The molecule has 2 atom stereocenters. The Labute approximate surface area is 222 Å². The van der Waals surface area contributed by atoms with Crippen LogP contribution in [0.2, 0.25) is 0 Å². The third kappa shape index (κ3) is 20.5.